The molecule has 24 heavy (non-hydrogen) atoms. The second-order valence-corrected chi connectivity index (χ2v) is 7.86. The maximum atomic E-state index is 3.92. The first-order valence-corrected chi connectivity index (χ1v) is 11.4. The lowest BCUT2D eigenvalue weighted by Gasteiger charge is -2.14. The molecule has 0 spiro atoms. The average Bonchev–Trinajstić information content (AvgIpc) is 2.60. The molecule has 0 heteroatoms. The Kier molecular flexibility index (Phi) is 21.0. The second kappa shape index (κ2) is 21.0. The van der Waals surface area contributed by atoms with Crippen LogP contribution in [0.2, 0.25) is 0 Å². The third-order valence-electron chi connectivity index (χ3n) is 5.55. The summed E-state index contributed by atoms with van der Waals surface area (Å²) in [6, 6.07) is 0. The van der Waals surface area contributed by atoms with Crippen LogP contribution in [0.4, 0.5) is 0 Å². The lowest BCUT2D eigenvalue weighted by Crippen LogP contribution is -1.99. The van der Waals surface area contributed by atoms with Gasteiger partial charge in [-0.15, -0.1) is 0 Å². The van der Waals surface area contributed by atoms with Crippen molar-refractivity contribution in [2.45, 2.75) is 135 Å². The quantitative estimate of drug-likeness (QED) is 0.194. The number of rotatable bonds is 20. The van der Waals surface area contributed by atoms with Crippen LogP contribution in [0.3, 0.4) is 0 Å². The first-order chi connectivity index (χ1) is 11.8. The highest BCUT2D eigenvalue weighted by atomic mass is 14.1. The summed E-state index contributed by atoms with van der Waals surface area (Å²) in [4.78, 5) is 0. The smallest absolute Gasteiger partial charge is 0.0417 e. The van der Waals surface area contributed by atoms with Crippen molar-refractivity contribution >= 4 is 0 Å². The van der Waals surface area contributed by atoms with Gasteiger partial charge in [0.1, 0.15) is 0 Å². The summed E-state index contributed by atoms with van der Waals surface area (Å²) in [6.07, 6.45) is 28.1. The van der Waals surface area contributed by atoms with E-state index in [4.69, 9.17) is 0 Å². The van der Waals surface area contributed by atoms with E-state index in [-0.39, 0.29) is 0 Å². The summed E-state index contributed by atoms with van der Waals surface area (Å²) >= 11 is 0. The SMILES string of the molecule is [CH2]CCCCCCCCCCCCC(CC)CCCCCCC[CH2]. The summed E-state index contributed by atoms with van der Waals surface area (Å²) in [5.74, 6) is 1.01. The summed E-state index contributed by atoms with van der Waals surface area (Å²) in [5.41, 5.74) is 0. The van der Waals surface area contributed by atoms with E-state index in [0.29, 0.717) is 0 Å². The monoisotopic (exact) mass is 336 g/mol. The Morgan fingerprint density at radius 3 is 1.04 bits per heavy atom. The maximum Gasteiger partial charge on any atom is -0.0417 e. The molecule has 0 aromatic rings. The van der Waals surface area contributed by atoms with Crippen LogP contribution in [0, 0.1) is 19.8 Å². The van der Waals surface area contributed by atoms with E-state index in [1.807, 2.05) is 0 Å². The van der Waals surface area contributed by atoms with Crippen LogP contribution >= 0.6 is 0 Å². The van der Waals surface area contributed by atoms with E-state index in [9.17, 15) is 0 Å². The molecule has 0 aliphatic heterocycles. The summed E-state index contributed by atoms with van der Waals surface area (Å²) in [7, 11) is 0. The van der Waals surface area contributed by atoms with Crippen molar-refractivity contribution in [2.75, 3.05) is 0 Å². The molecule has 0 saturated heterocycles. The largest absolute Gasteiger partial charge is 0.0651 e. The maximum absolute atomic E-state index is 3.92. The summed E-state index contributed by atoms with van der Waals surface area (Å²) in [5, 5.41) is 0. The lowest BCUT2D eigenvalue weighted by molar-refractivity contribution is 0.392. The highest BCUT2D eigenvalue weighted by Crippen LogP contribution is 2.21. The van der Waals surface area contributed by atoms with Gasteiger partial charge in [0.25, 0.3) is 0 Å². The fourth-order valence-electron chi connectivity index (χ4n) is 3.72. The molecule has 0 aliphatic rings. The standard InChI is InChI=1S/C24H48/c1-4-7-9-11-13-14-15-16-17-19-21-23-24(6-3)22-20-18-12-10-8-5-2/h24H,1-2,4-23H2,3H3. The second-order valence-electron chi connectivity index (χ2n) is 7.86. The van der Waals surface area contributed by atoms with E-state index in [1.54, 1.807) is 0 Å². The van der Waals surface area contributed by atoms with Crippen molar-refractivity contribution in [1.82, 2.24) is 0 Å². The predicted octanol–water partition coefficient (Wildman–Crippen LogP) is 9.09. The highest BCUT2D eigenvalue weighted by Gasteiger charge is 2.05. The Balaban J connectivity index is 3.25. The van der Waals surface area contributed by atoms with Crippen molar-refractivity contribution in [1.29, 1.82) is 0 Å². The van der Waals surface area contributed by atoms with E-state index in [2.05, 4.69) is 20.8 Å². The lowest BCUT2D eigenvalue weighted by atomic mass is 9.92. The van der Waals surface area contributed by atoms with Crippen LogP contribution in [0.15, 0.2) is 0 Å². The van der Waals surface area contributed by atoms with Crippen molar-refractivity contribution in [3.8, 4) is 0 Å². The Morgan fingerprint density at radius 2 is 0.750 bits per heavy atom. The van der Waals surface area contributed by atoms with Gasteiger partial charge in [0, 0.05) is 0 Å². The molecule has 0 amide bonds. The zero-order valence-corrected chi connectivity index (χ0v) is 17.1. The van der Waals surface area contributed by atoms with E-state index in [1.165, 1.54) is 116 Å². The molecule has 0 heterocycles. The molecule has 0 saturated carbocycles. The minimum absolute atomic E-state index is 1.01. The predicted molar refractivity (Wildman–Crippen MR) is 112 cm³/mol. The van der Waals surface area contributed by atoms with Gasteiger partial charge in [0.2, 0.25) is 0 Å². The van der Waals surface area contributed by atoms with Crippen LogP contribution in [-0.4, -0.2) is 0 Å². The highest BCUT2D eigenvalue weighted by molar-refractivity contribution is 4.59. The van der Waals surface area contributed by atoms with Crippen molar-refractivity contribution in [3.63, 3.8) is 0 Å². The van der Waals surface area contributed by atoms with Crippen LogP contribution < -0.4 is 0 Å². The first kappa shape index (κ1) is 24.0. The third-order valence-corrected chi connectivity index (χ3v) is 5.55. The van der Waals surface area contributed by atoms with E-state index < -0.39 is 0 Å². The number of unbranched alkanes of at least 4 members (excludes halogenated alkanes) is 15. The van der Waals surface area contributed by atoms with Crippen LogP contribution in [-0.2, 0) is 0 Å². The van der Waals surface area contributed by atoms with Gasteiger partial charge in [-0.3, -0.25) is 0 Å². The molecule has 1 unspecified atom stereocenters. The van der Waals surface area contributed by atoms with Gasteiger partial charge in [0.15, 0.2) is 0 Å². The Hall–Kier alpha value is 0. The molecule has 0 N–H and O–H groups in total. The molecule has 0 fully saturated rings. The van der Waals surface area contributed by atoms with Gasteiger partial charge in [-0.1, -0.05) is 149 Å². The zero-order valence-electron chi connectivity index (χ0n) is 17.1. The minimum Gasteiger partial charge on any atom is -0.0651 e. The molecule has 1 atom stereocenters. The van der Waals surface area contributed by atoms with Gasteiger partial charge in [0.05, 0.1) is 0 Å². The molecule has 0 aromatic heterocycles. The fourth-order valence-corrected chi connectivity index (χ4v) is 3.72. The Morgan fingerprint density at radius 1 is 0.458 bits per heavy atom. The molecular formula is C24H48. The van der Waals surface area contributed by atoms with Crippen LogP contribution in [0.5, 0.6) is 0 Å². The van der Waals surface area contributed by atoms with Crippen LogP contribution in [0.1, 0.15) is 135 Å². The molecule has 2 radical (unpaired) electrons. The molecule has 0 aliphatic carbocycles. The Labute approximate surface area is 155 Å². The normalized spacial score (nSPS) is 12.6. The zero-order chi connectivity index (χ0) is 17.7. The molecule has 144 valence electrons. The molecule has 0 bridgehead atoms. The number of hydrogen-bond acceptors (Lipinski definition) is 0. The van der Waals surface area contributed by atoms with Gasteiger partial charge in [-0.2, -0.15) is 0 Å². The van der Waals surface area contributed by atoms with Gasteiger partial charge >= 0.3 is 0 Å². The Bertz CT molecular complexity index is 208. The average molecular weight is 337 g/mol. The minimum atomic E-state index is 1.01. The molecule has 0 nitrogen and oxygen atoms in total. The summed E-state index contributed by atoms with van der Waals surface area (Å²) < 4.78 is 0. The van der Waals surface area contributed by atoms with Gasteiger partial charge in [-0.25, -0.2) is 0 Å². The van der Waals surface area contributed by atoms with Gasteiger partial charge < -0.3 is 0 Å². The van der Waals surface area contributed by atoms with Crippen molar-refractivity contribution < 1.29 is 0 Å². The molecule has 0 aromatic carbocycles. The number of hydrogen-bond donors (Lipinski definition) is 0. The molecule has 0 rings (SSSR count). The van der Waals surface area contributed by atoms with Crippen molar-refractivity contribution in [3.05, 3.63) is 13.8 Å². The first-order valence-electron chi connectivity index (χ1n) is 11.4. The van der Waals surface area contributed by atoms with Crippen molar-refractivity contribution in [2.24, 2.45) is 5.92 Å². The summed E-state index contributed by atoms with van der Waals surface area (Å²) in [6.45, 7) is 10.2. The topological polar surface area (TPSA) is 0 Å². The van der Waals surface area contributed by atoms with E-state index >= 15 is 0 Å². The fraction of sp³-hybridized carbons (Fsp3) is 0.917. The third kappa shape index (κ3) is 18.3. The van der Waals surface area contributed by atoms with E-state index in [0.717, 1.165) is 18.8 Å². The van der Waals surface area contributed by atoms with Gasteiger partial charge in [-0.05, 0) is 5.92 Å². The molecular weight excluding hydrogens is 288 g/mol. The van der Waals surface area contributed by atoms with Crippen LogP contribution in [0.25, 0.3) is 0 Å².